The zero-order chi connectivity index (χ0) is 47.4. The maximum absolute atomic E-state index is 6.64. The minimum Gasteiger partial charge on any atom is -0.456 e. The summed E-state index contributed by atoms with van der Waals surface area (Å²) in [4.78, 5) is 0. The molecule has 9 aromatic carbocycles. The van der Waals surface area contributed by atoms with Crippen LogP contribution in [0.4, 0.5) is 0 Å². The fourth-order valence-electron chi connectivity index (χ4n) is 12.5. The third-order valence-electron chi connectivity index (χ3n) is 18.0. The summed E-state index contributed by atoms with van der Waals surface area (Å²) >= 11 is 0. The molecule has 1 aromatic heterocycles. The molecule has 0 saturated heterocycles. The van der Waals surface area contributed by atoms with Gasteiger partial charge in [-0.05, 0) is 101 Å². The largest absolute Gasteiger partial charge is 0.456 e. The van der Waals surface area contributed by atoms with Crippen molar-refractivity contribution in [3.8, 4) is 33.4 Å². The van der Waals surface area contributed by atoms with Crippen LogP contribution in [0.25, 0.3) is 98.4 Å². The fraction of sp³-hybridized carbons (Fsp3) is 0. The molecule has 0 amide bonds. The van der Waals surface area contributed by atoms with Crippen LogP contribution in [-0.2, 0) is 0 Å². The van der Waals surface area contributed by atoms with E-state index >= 15 is 0 Å². The predicted octanol–water partition coefficient (Wildman–Crippen LogP) is -19.9. The number of benzene rings is 9. The van der Waals surface area contributed by atoms with Crippen molar-refractivity contribution < 1.29 is 4.42 Å². The zero-order valence-electron chi connectivity index (χ0n) is 43.1. The van der Waals surface area contributed by atoms with E-state index in [1.54, 1.807) is 0 Å². The molecule has 0 unspecified atom stereocenters. The standard InChI is InChI=1S/C46H47B19O/c47-28-23(24-25(35(54)43(62)42(61)34(24)53)26(29(28)48)27-36(55)44(63)46(65)45(64)37(27)56)18-21-19(30(49)38(57)40(59)32(21)51)17(20-22(18)33(52)41(60)39(58)31(20)50)12-5-6-15-13(8-12)14-7-10-3-1-2-4-11(10)9-16(14)66-15/h1-9H,47-65H2. The minimum atomic E-state index is 0.924. The summed E-state index contributed by atoms with van der Waals surface area (Å²) in [6.45, 7) is 0. The summed E-state index contributed by atoms with van der Waals surface area (Å²) in [6.07, 6.45) is 0. The van der Waals surface area contributed by atoms with Crippen LogP contribution in [0, 0.1) is 0 Å². The van der Waals surface area contributed by atoms with Crippen LogP contribution < -0.4 is 104 Å². The lowest BCUT2D eigenvalue weighted by Gasteiger charge is -2.32. The summed E-state index contributed by atoms with van der Waals surface area (Å²) in [5.41, 5.74) is 36.3. The van der Waals surface area contributed by atoms with Gasteiger partial charge in [0.2, 0.25) is 0 Å². The molecule has 0 aliphatic heterocycles. The second-order valence-electron chi connectivity index (χ2n) is 20.5. The Morgan fingerprint density at radius 3 is 1.00 bits per heavy atom. The third-order valence-corrected chi connectivity index (χ3v) is 18.0. The van der Waals surface area contributed by atoms with E-state index in [4.69, 9.17) is 4.42 Å². The molecular formula is C46H47B19O. The van der Waals surface area contributed by atoms with Crippen molar-refractivity contribution >= 4 is 318 Å². The lowest BCUT2D eigenvalue weighted by atomic mass is 9.55. The van der Waals surface area contributed by atoms with Gasteiger partial charge in [-0.25, -0.2) is 0 Å². The van der Waals surface area contributed by atoms with Gasteiger partial charge in [-0.2, -0.15) is 0 Å². The van der Waals surface area contributed by atoms with Crippen LogP contribution in [0.2, 0.25) is 0 Å². The Kier molecular flexibility index (Phi) is 10.6. The van der Waals surface area contributed by atoms with Crippen LogP contribution in [0.5, 0.6) is 0 Å². The molecule has 1 nitrogen and oxygen atoms in total. The topological polar surface area (TPSA) is 13.1 Å². The first kappa shape index (κ1) is 44.9. The second kappa shape index (κ2) is 15.5. The Morgan fingerprint density at radius 1 is 0.242 bits per heavy atom. The number of rotatable bonds is 3. The normalized spacial score (nSPS) is 11.9. The number of hydrogen-bond donors (Lipinski definition) is 0. The fourth-order valence-corrected chi connectivity index (χ4v) is 12.5. The maximum Gasteiger partial charge on any atom is 0.139 e. The minimum absolute atomic E-state index is 0.924. The Hall–Kier alpha value is -4.95. The molecule has 10 aromatic rings. The van der Waals surface area contributed by atoms with Crippen molar-refractivity contribution in [3.05, 3.63) is 54.6 Å². The van der Waals surface area contributed by atoms with Crippen LogP contribution >= 0.6 is 0 Å². The molecule has 0 radical (unpaired) electrons. The lowest BCUT2D eigenvalue weighted by molar-refractivity contribution is 0.669. The van der Waals surface area contributed by atoms with E-state index in [0.29, 0.717) is 0 Å². The van der Waals surface area contributed by atoms with E-state index in [0.717, 1.165) is 21.9 Å². The number of furan rings is 1. The first-order chi connectivity index (χ1) is 31.2. The highest BCUT2D eigenvalue weighted by atomic mass is 16.3. The van der Waals surface area contributed by atoms with Crippen molar-refractivity contribution in [2.24, 2.45) is 0 Å². The average Bonchev–Trinajstić information content (AvgIpc) is 3.67. The molecule has 0 N–H and O–H groups in total. The highest BCUT2D eigenvalue weighted by Gasteiger charge is 2.30. The summed E-state index contributed by atoms with van der Waals surface area (Å²) in [6, 6.07) is 20.1. The maximum atomic E-state index is 6.64. The molecule has 0 atom stereocenters. The highest BCUT2D eigenvalue weighted by molar-refractivity contribution is 6.75. The average molecular weight is 821 g/mol. The Balaban J connectivity index is 1.48. The predicted molar refractivity (Wildman–Crippen MR) is 355 cm³/mol. The molecule has 0 aliphatic rings. The summed E-state index contributed by atoms with van der Waals surface area (Å²) in [7, 11) is 45.0. The quantitative estimate of drug-likeness (QED) is 0.128. The van der Waals surface area contributed by atoms with Gasteiger partial charge in [0, 0.05) is 10.8 Å². The van der Waals surface area contributed by atoms with Gasteiger partial charge < -0.3 is 4.42 Å². The lowest BCUT2D eigenvalue weighted by Crippen LogP contribution is -2.56. The molecule has 20 heteroatoms. The summed E-state index contributed by atoms with van der Waals surface area (Å²) in [5.74, 6) is 0. The molecule has 0 bridgehead atoms. The van der Waals surface area contributed by atoms with Crippen LogP contribution in [-0.4, -0.2) is 149 Å². The van der Waals surface area contributed by atoms with E-state index in [2.05, 4.69) is 204 Å². The first-order valence-corrected chi connectivity index (χ1v) is 24.1. The van der Waals surface area contributed by atoms with Crippen molar-refractivity contribution in [1.29, 1.82) is 0 Å². The van der Waals surface area contributed by atoms with Crippen molar-refractivity contribution in [1.82, 2.24) is 0 Å². The highest BCUT2D eigenvalue weighted by Crippen LogP contribution is 2.44. The smallest absolute Gasteiger partial charge is 0.139 e. The van der Waals surface area contributed by atoms with Crippen molar-refractivity contribution in [2.45, 2.75) is 0 Å². The monoisotopic (exact) mass is 825 g/mol. The number of hydrogen-bond acceptors (Lipinski definition) is 1. The van der Waals surface area contributed by atoms with Gasteiger partial charge >= 0.3 is 0 Å². The van der Waals surface area contributed by atoms with E-state index < -0.39 is 0 Å². The van der Waals surface area contributed by atoms with Gasteiger partial charge in [0.25, 0.3) is 0 Å². The van der Waals surface area contributed by atoms with E-state index in [1.165, 1.54) is 180 Å². The van der Waals surface area contributed by atoms with Crippen molar-refractivity contribution in [3.63, 3.8) is 0 Å². The number of fused-ring (bicyclic) bond motifs is 7. The Morgan fingerprint density at radius 2 is 0.561 bits per heavy atom. The zero-order valence-corrected chi connectivity index (χ0v) is 43.1. The SMILES string of the molecule is Bc1c(B)c(B)c(-c2c(B)c(B)c(-c3c4c(B)c(B)c(B)c(B)c4c(-c4ccc5oc6cc7ccccc7cc6c5c4)c4c(B)c(B)c(B)c(B)c34)c3c(B)c(B)c(B)c(B)c23)c(B)c1B. The first-order valence-electron chi connectivity index (χ1n) is 24.1. The third kappa shape index (κ3) is 5.94. The molecule has 0 spiro atoms. The molecule has 10 rings (SSSR count). The summed E-state index contributed by atoms with van der Waals surface area (Å²) in [5, 5.41) is 13.1. The molecule has 294 valence electrons. The molecule has 0 fully saturated rings. The molecule has 0 aliphatic carbocycles. The molecular weight excluding hydrogens is 774 g/mol. The molecule has 1 heterocycles. The van der Waals surface area contributed by atoms with Crippen molar-refractivity contribution in [2.75, 3.05) is 0 Å². The van der Waals surface area contributed by atoms with Gasteiger partial charge in [0.1, 0.15) is 160 Å². The molecule has 0 saturated carbocycles. The van der Waals surface area contributed by atoms with E-state index in [9.17, 15) is 0 Å². The van der Waals surface area contributed by atoms with Gasteiger partial charge in [0.15, 0.2) is 0 Å². The van der Waals surface area contributed by atoms with Gasteiger partial charge in [0.05, 0.1) is 0 Å². The van der Waals surface area contributed by atoms with Gasteiger partial charge in [-0.15, -0.1) is 49.2 Å². The van der Waals surface area contributed by atoms with Gasteiger partial charge in [-0.1, -0.05) is 85.0 Å². The molecule has 66 heavy (non-hydrogen) atoms. The van der Waals surface area contributed by atoms with Crippen LogP contribution in [0.3, 0.4) is 0 Å². The summed E-state index contributed by atoms with van der Waals surface area (Å²) < 4.78 is 6.64. The second-order valence-corrected chi connectivity index (χ2v) is 20.5. The van der Waals surface area contributed by atoms with Gasteiger partial charge in [-0.3, -0.25) is 0 Å². The van der Waals surface area contributed by atoms with Crippen LogP contribution in [0.15, 0.2) is 59.0 Å². The van der Waals surface area contributed by atoms with E-state index in [1.807, 2.05) is 0 Å². The Bertz CT molecular complexity index is 3820. The van der Waals surface area contributed by atoms with Crippen LogP contribution in [0.1, 0.15) is 0 Å². The Labute approximate surface area is 407 Å². The van der Waals surface area contributed by atoms with E-state index in [-0.39, 0.29) is 0 Å².